The zero-order chi connectivity index (χ0) is 23.1. The summed E-state index contributed by atoms with van der Waals surface area (Å²) in [6.07, 6.45) is 10.4. The first kappa shape index (κ1) is 24.8. The molecule has 1 unspecified atom stereocenters. The maximum absolute atomic E-state index is 2.41. The van der Waals surface area contributed by atoms with Gasteiger partial charge in [-0.3, -0.25) is 0 Å². The topological polar surface area (TPSA) is 0 Å². The summed E-state index contributed by atoms with van der Waals surface area (Å²) in [7, 11) is 0. The standard InChI is InChI=1S/C14H14.C9H13.C5H5.C3H6.Zr/c1-3-7-13(8-4-1)11-12-14-9-5-2-6-10-14;1-6-5-7(2)9(4)8(6)3;1-2-4-5-3-1;1-3-2;/h1-10H,11-12H2;6H,1-4H3;1-3H,4H2;1-2H3;. The van der Waals surface area contributed by atoms with Crippen molar-refractivity contribution >= 4 is 3.21 Å². The first-order valence-electron chi connectivity index (χ1n) is 11.9. The van der Waals surface area contributed by atoms with E-state index in [0.717, 1.165) is 12.8 Å². The minimum Gasteiger partial charge on any atom is -0.0622 e. The molecule has 2 aromatic carbocycles. The SMILES string of the molecule is CC1=C(C)C(C)[C]([Zr]([C]2=CC=CC2)=[C](C)C)=C1C.c1ccc(CCc2ccccc2)cc1. The molecule has 32 heavy (non-hydrogen) atoms. The maximum Gasteiger partial charge on any atom is -0.0238 e. The van der Waals surface area contributed by atoms with Crippen LogP contribution < -0.4 is 0 Å². The molecule has 0 N–H and O–H groups in total. The maximum atomic E-state index is 2.41. The Morgan fingerprint density at radius 2 is 1.34 bits per heavy atom. The van der Waals surface area contributed by atoms with Gasteiger partial charge in [-0.2, -0.15) is 0 Å². The third kappa shape index (κ3) is 6.14. The number of rotatable bonds is 5. The van der Waals surface area contributed by atoms with Crippen molar-refractivity contribution in [1.29, 1.82) is 0 Å². The molecule has 0 heterocycles. The van der Waals surface area contributed by atoms with E-state index in [0.29, 0.717) is 5.92 Å². The van der Waals surface area contributed by atoms with Gasteiger partial charge in [-0.1, -0.05) is 60.7 Å². The van der Waals surface area contributed by atoms with Crippen LogP contribution in [0.25, 0.3) is 0 Å². The van der Waals surface area contributed by atoms with E-state index in [1.807, 2.05) is 3.28 Å². The van der Waals surface area contributed by atoms with Gasteiger partial charge in [0.1, 0.15) is 0 Å². The van der Waals surface area contributed by atoms with Gasteiger partial charge in [-0.15, -0.1) is 0 Å². The fourth-order valence-electron chi connectivity index (χ4n) is 4.74. The van der Waals surface area contributed by atoms with E-state index in [9.17, 15) is 0 Å². The number of hydrogen-bond acceptors (Lipinski definition) is 0. The first-order chi connectivity index (χ1) is 15.4. The molecule has 2 aliphatic rings. The van der Waals surface area contributed by atoms with Crippen LogP contribution in [0.5, 0.6) is 0 Å². The molecule has 2 aromatic rings. The van der Waals surface area contributed by atoms with E-state index >= 15 is 0 Å². The van der Waals surface area contributed by atoms with Gasteiger partial charge < -0.3 is 0 Å². The normalized spacial score (nSPS) is 17.3. The Bertz CT molecular complexity index is 1030. The second-order valence-electron chi connectivity index (χ2n) is 9.24. The van der Waals surface area contributed by atoms with Crippen LogP contribution in [-0.4, -0.2) is 3.21 Å². The molecule has 0 spiro atoms. The monoisotopic (exact) mass is 500 g/mol. The van der Waals surface area contributed by atoms with E-state index < -0.39 is 21.3 Å². The summed E-state index contributed by atoms with van der Waals surface area (Å²) >= 11 is -1.72. The number of allylic oxidation sites excluding steroid dienone is 8. The average Bonchev–Trinajstić information content (AvgIpc) is 3.40. The Morgan fingerprint density at radius 1 is 0.812 bits per heavy atom. The minimum absolute atomic E-state index is 0.691. The zero-order valence-corrected chi connectivity index (χ0v) is 23.2. The second kappa shape index (κ2) is 11.9. The second-order valence-corrected chi connectivity index (χ2v) is 16.4. The molecule has 0 aliphatic heterocycles. The van der Waals surface area contributed by atoms with Gasteiger partial charge in [-0.25, -0.2) is 0 Å². The predicted molar refractivity (Wildman–Crippen MR) is 139 cm³/mol. The van der Waals surface area contributed by atoms with Gasteiger partial charge >= 0.3 is 120 Å². The number of aryl methyl sites for hydroxylation is 2. The molecule has 0 saturated heterocycles. The Labute approximate surface area is 203 Å². The van der Waals surface area contributed by atoms with Crippen LogP contribution >= 0.6 is 0 Å². The van der Waals surface area contributed by atoms with Gasteiger partial charge in [0.2, 0.25) is 0 Å². The summed E-state index contributed by atoms with van der Waals surface area (Å²) in [5.74, 6) is 0.691. The molecule has 1 atom stereocenters. The van der Waals surface area contributed by atoms with Gasteiger partial charge in [0, 0.05) is 0 Å². The summed E-state index contributed by atoms with van der Waals surface area (Å²) in [5, 5.41) is 0. The third-order valence-electron chi connectivity index (χ3n) is 6.89. The van der Waals surface area contributed by atoms with Crippen molar-refractivity contribution in [3.8, 4) is 0 Å². The summed E-state index contributed by atoms with van der Waals surface area (Å²) < 4.78 is 5.32. The van der Waals surface area contributed by atoms with Gasteiger partial charge in [0.25, 0.3) is 0 Å². The smallest absolute Gasteiger partial charge is 0.0238 e. The van der Waals surface area contributed by atoms with Gasteiger partial charge in [-0.05, 0) is 24.0 Å². The van der Waals surface area contributed by atoms with Crippen LogP contribution in [0.2, 0.25) is 0 Å². The molecule has 0 bridgehead atoms. The fraction of sp³-hybridized carbons (Fsp3) is 0.323. The summed E-state index contributed by atoms with van der Waals surface area (Å²) in [6.45, 7) is 14.1. The molecule has 0 fully saturated rings. The molecule has 1 heteroatoms. The third-order valence-corrected chi connectivity index (χ3v) is 15.1. The van der Waals surface area contributed by atoms with Crippen molar-refractivity contribution in [2.75, 3.05) is 0 Å². The van der Waals surface area contributed by atoms with E-state index in [1.165, 1.54) is 17.5 Å². The predicted octanol–water partition coefficient (Wildman–Crippen LogP) is 8.39. The van der Waals surface area contributed by atoms with Gasteiger partial charge in [0.15, 0.2) is 0 Å². The molecular formula is C31H38Zr. The van der Waals surface area contributed by atoms with Crippen molar-refractivity contribution in [3.63, 3.8) is 0 Å². The largest absolute Gasteiger partial charge is 0.0622 e. The number of hydrogen-bond donors (Lipinski definition) is 0. The van der Waals surface area contributed by atoms with E-state index in [1.54, 1.807) is 23.2 Å². The summed E-state index contributed by atoms with van der Waals surface area (Å²) in [4.78, 5) is 0. The molecule has 4 rings (SSSR count). The van der Waals surface area contributed by atoms with Crippen LogP contribution in [0.1, 0.15) is 59.1 Å². The van der Waals surface area contributed by atoms with Crippen LogP contribution in [0.3, 0.4) is 0 Å². The quantitative estimate of drug-likeness (QED) is 0.386. The summed E-state index contributed by atoms with van der Waals surface area (Å²) in [6, 6.07) is 21.2. The Balaban J connectivity index is 0.000000186. The average molecular weight is 502 g/mol. The molecule has 2 aliphatic carbocycles. The number of benzene rings is 2. The molecular weight excluding hydrogens is 464 g/mol. The van der Waals surface area contributed by atoms with E-state index in [4.69, 9.17) is 0 Å². The van der Waals surface area contributed by atoms with Crippen molar-refractivity contribution in [3.05, 3.63) is 113 Å². The van der Waals surface area contributed by atoms with E-state index in [2.05, 4.69) is 120 Å². The van der Waals surface area contributed by atoms with Gasteiger partial charge in [0.05, 0.1) is 0 Å². The minimum atomic E-state index is -1.72. The van der Waals surface area contributed by atoms with Crippen molar-refractivity contribution in [2.24, 2.45) is 5.92 Å². The molecule has 0 radical (unpaired) electrons. The molecule has 0 nitrogen and oxygen atoms in total. The summed E-state index contributed by atoms with van der Waals surface area (Å²) in [5.41, 5.74) is 7.60. The van der Waals surface area contributed by atoms with Crippen molar-refractivity contribution in [2.45, 2.75) is 60.8 Å². The Morgan fingerprint density at radius 3 is 1.72 bits per heavy atom. The van der Waals surface area contributed by atoms with Crippen LogP contribution in [0.4, 0.5) is 0 Å². The van der Waals surface area contributed by atoms with Crippen LogP contribution in [0.15, 0.2) is 102 Å². The van der Waals surface area contributed by atoms with Crippen molar-refractivity contribution in [1.82, 2.24) is 0 Å². The Kier molecular flexibility index (Phi) is 9.18. The van der Waals surface area contributed by atoms with Crippen LogP contribution in [0, 0.1) is 5.92 Å². The molecule has 166 valence electrons. The van der Waals surface area contributed by atoms with E-state index in [-0.39, 0.29) is 0 Å². The Hall–Kier alpha value is -1.85. The fourth-order valence-corrected chi connectivity index (χ4v) is 12.9. The zero-order valence-electron chi connectivity index (χ0n) is 20.7. The first-order valence-corrected chi connectivity index (χ1v) is 15.6. The molecule has 0 aromatic heterocycles. The van der Waals surface area contributed by atoms with Crippen molar-refractivity contribution < 1.29 is 21.3 Å². The van der Waals surface area contributed by atoms with Crippen LogP contribution in [-0.2, 0) is 34.1 Å². The molecule has 0 amide bonds. The molecule has 0 saturated carbocycles.